The van der Waals surface area contributed by atoms with Crippen LogP contribution in [0.15, 0.2) is 24.3 Å². The Morgan fingerprint density at radius 3 is 2.38 bits per heavy atom. The Morgan fingerprint density at radius 1 is 1.24 bits per heavy atom. The van der Waals surface area contributed by atoms with Gasteiger partial charge < -0.3 is 10.6 Å². The molecule has 1 saturated heterocycles. The fourth-order valence-electron chi connectivity index (χ4n) is 3.02. The Labute approximate surface area is 129 Å². The third kappa shape index (κ3) is 4.30. The predicted octanol–water partition coefficient (Wildman–Crippen LogP) is 3.23. The lowest BCUT2D eigenvalue weighted by molar-refractivity contribution is 0.185. The number of nitrogens with two attached hydrogens (primary N) is 1. The van der Waals surface area contributed by atoms with Gasteiger partial charge >= 0.3 is 0 Å². The van der Waals surface area contributed by atoms with E-state index in [2.05, 4.69) is 30.0 Å². The lowest BCUT2D eigenvalue weighted by atomic mass is 9.72. The van der Waals surface area contributed by atoms with Gasteiger partial charge in [0.2, 0.25) is 0 Å². The molecule has 0 radical (unpaired) electrons. The molecule has 0 aliphatic carbocycles. The number of hydrogen-bond donors (Lipinski definition) is 1. The van der Waals surface area contributed by atoms with Crippen LogP contribution in [0.2, 0.25) is 0 Å². The van der Waals surface area contributed by atoms with Crippen LogP contribution in [0, 0.1) is 18.3 Å². The first-order valence-corrected chi connectivity index (χ1v) is 8.11. The molecule has 1 aromatic carbocycles. The van der Waals surface area contributed by atoms with E-state index in [-0.39, 0.29) is 5.41 Å². The number of nitriles is 1. The summed E-state index contributed by atoms with van der Waals surface area (Å²) in [6.07, 6.45) is 2.90. The summed E-state index contributed by atoms with van der Waals surface area (Å²) in [6, 6.07) is 10.9. The van der Waals surface area contributed by atoms with Crippen molar-refractivity contribution in [3.05, 3.63) is 35.4 Å². The number of piperidine rings is 1. The molecular weight excluding hydrogens is 258 g/mol. The molecule has 1 aromatic rings. The molecule has 2 N–H and O–H groups in total. The van der Waals surface area contributed by atoms with Gasteiger partial charge in [0.1, 0.15) is 0 Å². The fourth-order valence-corrected chi connectivity index (χ4v) is 3.02. The van der Waals surface area contributed by atoms with Crippen LogP contribution in [0.5, 0.6) is 0 Å². The summed E-state index contributed by atoms with van der Waals surface area (Å²) in [5.41, 5.74) is 7.72. The second kappa shape index (κ2) is 8.81. The minimum atomic E-state index is -0.287. The molecular formula is C18H29N3. The van der Waals surface area contributed by atoms with Gasteiger partial charge in [0, 0.05) is 0 Å². The maximum atomic E-state index is 9.69. The Balaban J connectivity index is 0.00000106. The van der Waals surface area contributed by atoms with Crippen LogP contribution in [0.3, 0.4) is 0 Å². The Kier molecular flexibility index (Phi) is 7.42. The van der Waals surface area contributed by atoms with Gasteiger partial charge in [-0.1, -0.05) is 38.1 Å². The van der Waals surface area contributed by atoms with Crippen LogP contribution in [-0.2, 0) is 5.41 Å². The van der Waals surface area contributed by atoms with Crippen LogP contribution < -0.4 is 5.73 Å². The monoisotopic (exact) mass is 287 g/mol. The highest BCUT2D eigenvalue weighted by Crippen LogP contribution is 2.36. The molecule has 3 heteroatoms. The van der Waals surface area contributed by atoms with Crippen molar-refractivity contribution in [1.82, 2.24) is 4.90 Å². The topological polar surface area (TPSA) is 53.0 Å². The summed E-state index contributed by atoms with van der Waals surface area (Å²) in [5.74, 6) is 0. The number of hydrogen-bond acceptors (Lipinski definition) is 3. The van der Waals surface area contributed by atoms with E-state index >= 15 is 0 Å². The number of aryl methyl sites for hydroxylation is 1. The van der Waals surface area contributed by atoms with Crippen LogP contribution in [0.4, 0.5) is 0 Å². The second-order valence-electron chi connectivity index (χ2n) is 5.49. The summed E-state index contributed by atoms with van der Waals surface area (Å²) >= 11 is 0. The standard InChI is InChI=1S/C16H23N3.C2H6/c1-14-5-2-3-6-15(14)16(13-18)7-11-19(12-8-16)10-4-9-17;1-2/h2-3,5-6H,4,7-12,17H2,1H3;1-2H3. The molecule has 0 amide bonds. The van der Waals surface area contributed by atoms with Crippen molar-refractivity contribution in [1.29, 1.82) is 5.26 Å². The highest BCUT2D eigenvalue weighted by molar-refractivity contribution is 5.39. The summed E-state index contributed by atoms with van der Waals surface area (Å²) < 4.78 is 0. The Morgan fingerprint density at radius 2 is 1.86 bits per heavy atom. The first kappa shape index (κ1) is 17.7. The lowest BCUT2D eigenvalue weighted by Crippen LogP contribution is -2.42. The van der Waals surface area contributed by atoms with Crippen molar-refractivity contribution >= 4 is 0 Å². The van der Waals surface area contributed by atoms with Crippen molar-refractivity contribution in [2.45, 2.75) is 45.4 Å². The zero-order chi connectivity index (χ0) is 15.7. The van der Waals surface area contributed by atoms with Crippen LogP contribution in [-0.4, -0.2) is 31.1 Å². The van der Waals surface area contributed by atoms with Crippen LogP contribution in [0.1, 0.15) is 44.2 Å². The highest BCUT2D eigenvalue weighted by atomic mass is 15.1. The van der Waals surface area contributed by atoms with Crippen LogP contribution in [0.25, 0.3) is 0 Å². The second-order valence-corrected chi connectivity index (χ2v) is 5.49. The lowest BCUT2D eigenvalue weighted by Gasteiger charge is -2.38. The summed E-state index contributed by atoms with van der Waals surface area (Å²) in [5, 5.41) is 9.69. The van der Waals surface area contributed by atoms with Crippen molar-refractivity contribution in [2.75, 3.05) is 26.2 Å². The number of nitrogens with zero attached hydrogens (tertiary/aromatic N) is 2. The molecule has 0 atom stereocenters. The van der Waals surface area contributed by atoms with E-state index in [0.717, 1.165) is 45.4 Å². The van der Waals surface area contributed by atoms with Gasteiger partial charge in [0.15, 0.2) is 0 Å². The maximum absolute atomic E-state index is 9.69. The summed E-state index contributed by atoms with van der Waals surface area (Å²) in [7, 11) is 0. The number of likely N-dealkylation sites (tertiary alicyclic amines) is 1. The molecule has 0 spiro atoms. The molecule has 3 nitrogen and oxygen atoms in total. The average Bonchev–Trinajstić information content (AvgIpc) is 2.56. The van der Waals surface area contributed by atoms with Crippen LogP contribution >= 0.6 is 0 Å². The van der Waals surface area contributed by atoms with E-state index < -0.39 is 0 Å². The molecule has 2 rings (SSSR count). The SMILES string of the molecule is CC.Cc1ccccc1C1(C#N)CCN(CCCN)CC1. The zero-order valence-electron chi connectivity index (χ0n) is 13.7. The van der Waals surface area contributed by atoms with E-state index in [1.54, 1.807) is 0 Å². The molecule has 1 heterocycles. The highest BCUT2D eigenvalue weighted by Gasteiger charge is 2.37. The minimum Gasteiger partial charge on any atom is -0.330 e. The first-order chi connectivity index (χ1) is 10.2. The van der Waals surface area contributed by atoms with Gasteiger partial charge in [0.05, 0.1) is 11.5 Å². The normalized spacial score (nSPS) is 17.5. The number of benzene rings is 1. The van der Waals surface area contributed by atoms with Gasteiger partial charge in [-0.2, -0.15) is 5.26 Å². The maximum Gasteiger partial charge on any atom is 0.0849 e. The molecule has 1 aliphatic heterocycles. The predicted molar refractivity (Wildman–Crippen MR) is 89.2 cm³/mol. The molecule has 1 fully saturated rings. The molecule has 0 aromatic heterocycles. The van der Waals surface area contributed by atoms with Crippen molar-refractivity contribution in [3.8, 4) is 6.07 Å². The van der Waals surface area contributed by atoms with Gasteiger partial charge in [-0.25, -0.2) is 0 Å². The molecule has 0 bridgehead atoms. The van der Waals surface area contributed by atoms with E-state index in [9.17, 15) is 5.26 Å². The van der Waals surface area contributed by atoms with Gasteiger partial charge in [-0.15, -0.1) is 0 Å². The molecule has 0 saturated carbocycles. The third-order valence-corrected chi connectivity index (χ3v) is 4.26. The summed E-state index contributed by atoms with van der Waals surface area (Å²) in [4.78, 5) is 2.43. The Bertz CT molecular complexity index is 454. The quantitative estimate of drug-likeness (QED) is 0.925. The molecule has 116 valence electrons. The number of rotatable bonds is 4. The van der Waals surface area contributed by atoms with E-state index in [1.807, 2.05) is 26.0 Å². The van der Waals surface area contributed by atoms with Gasteiger partial charge in [-0.3, -0.25) is 0 Å². The summed E-state index contributed by atoms with van der Waals surface area (Å²) in [6.45, 7) is 9.92. The average molecular weight is 287 g/mol. The minimum absolute atomic E-state index is 0.287. The third-order valence-electron chi connectivity index (χ3n) is 4.26. The first-order valence-electron chi connectivity index (χ1n) is 8.11. The van der Waals surface area contributed by atoms with E-state index in [4.69, 9.17) is 5.73 Å². The van der Waals surface area contributed by atoms with E-state index in [0.29, 0.717) is 0 Å². The zero-order valence-corrected chi connectivity index (χ0v) is 13.7. The molecule has 1 aliphatic rings. The van der Waals surface area contributed by atoms with Crippen molar-refractivity contribution in [2.24, 2.45) is 5.73 Å². The van der Waals surface area contributed by atoms with Crippen molar-refractivity contribution < 1.29 is 0 Å². The Hall–Kier alpha value is -1.37. The largest absolute Gasteiger partial charge is 0.330 e. The van der Waals surface area contributed by atoms with E-state index in [1.165, 1.54) is 11.1 Å². The fraction of sp³-hybridized carbons (Fsp3) is 0.611. The van der Waals surface area contributed by atoms with Gasteiger partial charge in [-0.05, 0) is 63.5 Å². The van der Waals surface area contributed by atoms with Gasteiger partial charge in [0.25, 0.3) is 0 Å². The molecule has 0 unspecified atom stereocenters. The smallest absolute Gasteiger partial charge is 0.0849 e. The van der Waals surface area contributed by atoms with Crippen molar-refractivity contribution in [3.63, 3.8) is 0 Å². The molecule has 21 heavy (non-hydrogen) atoms.